The third-order valence-corrected chi connectivity index (χ3v) is 4.94. The van der Waals surface area contributed by atoms with Gasteiger partial charge in [0.15, 0.2) is 5.76 Å². The molecule has 3 aromatic rings. The van der Waals surface area contributed by atoms with Crippen molar-refractivity contribution in [2.24, 2.45) is 0 Å². The lowest BCUT2D eigenvalue weighted by Gasteiger charge is -2.05. The average Bonchev–Trinajstić information content (AvgIpc) is 3.23. The van der Waals surface area contributed by atoms with Crippen LogP contribution in [0.1, 0.15) is 11.3 Å². The molecule has 0 radical (unpaired) electrons. The first-order valence-corrected chi connectivity index (χ1v) is 8.90. The summed E-state index contributed by atoms with van der Waals surface area (Å²) in [7, 11) is -4.04. The number of nitrogens with zero attached hydrogens (tertiary/aromatic N) is 1. The van der Waals surface area contributed by atoms with Crippen LogP contribution in [-0.4, -0.2) is 13.6 Å². The quantitative estimate of drug-likeness (QED) is 0.690. The fourth-order valence-corrected chi connectivity index (χ4v) is 3.15. The normalized spacial score (nSPS) is 12.5. The third kappa shape index (κ3) is 3.92. The minimum atomic E-state index is -4.71. The van der Waals surface area contributed by atoms with Gasteiger partial charge in [0, 0.05) is 17.6 Å². The van der Waals surface area contributed by atoms with Gasteiger partial charge in [-0.25, -0.2) is 13.1 Å². The van der Waals surface area contributed by atoms with Gasteiger partial charge in [-0.1, -0.05) is 35.0 Å². The summed E-state index contributed by atoms with van der Waals surface area (Å²) in [5.74, 6) is -1.49. The molecule has 0 saturated carbocycles. The van der Waals surface area contributed by atoms with Crippen LogP contribution in [-0.2, 0) is 22.7 Å². The zero-order valence-electron chi connectivity index (χ0n) is 12.7. The molecule has 1 aromatic carbocycles. The number of nitrogens with one attached hydrogen (secondary N) is 1. The van der Waals surface area contributed by atoms with E-state index >= 15 is 0 Å². The van der Waals surface area contributed by atoms with Crippen molar-refractivity contribution in [1.29, 1.82) is 0 Å². The van der Waals surface area contributed by atoms with Crippen LogP contribution in [0.25, 0.3) is 11.5 Å². The standard InChI is InChI=1S/C15H10ClF3N2O4S/c16-10-4-2-1-3-9(10)8-20-26(22,23)14-6-5-12(24-14)11-7-13(25-21-11)15(17,18)19/h1-7,20H,8H2. The number of alkyl halides is 3. The first-order chi connectivity index (χ1) is 12.2. The lowest BCUT2D eigenvalue weighted by molar-refractivity contribution is -0.155. The maximum atomic E-state index is 12.5. The van der Waals surface area contributed by atoms with Crippen molar-refractivity contribution < 1.29 is 30.5 Å². The molecule has 0 aliphatic rings. The zero-order chi connectivity index (χ0) is 18.9. The fraction of sp³-hybridized carbons (Fsp3) is 0.133. The van der Waals surface area contributed by atoms with Crippen LogP contribution in [0, 0.1) is 0 Å². The monoisotopic (exact) mass is 406 g/mol. The van der Waals surface area contributed by atoms with E-state index < -0.39 is 27.1 Å². The number of rotatable bonds is 5. The van der Waals surface area contributed by atoms with Crippen LogP contribution in [0.2, 0.25) is 5.02 Å². The second-order valence-corrected chi connectivity index (χ2v) is 7.21. The highest BCUT2D eigenvalue weighted by Gasteiger charge is 2.36. The molecule has 0 aliphatic carbocycles. The van der Waals surface area contributed by atoms with Crippen LogP contribution in [0.15, 0.2) is 56.5 Å². The molecular formula is C15H10ClF3N2O4S. The largest absolute Gasteiger partial charge is 0.452 e. The van der Waals surface area contributed by atoms with E-state index in [9.17, 15) is 21.6 Å². The van der Waals surface area contributed by atoms with Crippen molar-refractivity contribution in [2.75, 3.05) is 0 Å². The van der Waals surface area contributed by atoms with Crippen molar-refractivity contribution in [3.63, 3.8) is 0 Å². The van der Waals surface area contributed by atoms with Gasteiger partial charge in [0.1, 0.15) is 5.69 Å². The molecule has 11 heteroatoms. The Bertz CT molecular complexity index is 1030. The van der Waals surface area contributed by atoms with Crippen molar-refractivity contribution in [1.82, 2.24) is 9.88 Å². The van der Waals surface area contributed by atoms with E-state index in [2.05, 4.69) is 14.4 Å². The topological polar surface area (TPSA) is 85.3 Å². The number of benzene rings is 1. The first-order valence-electron chi connectivity index (χ1n) is 7.04. The van der Waals surface area contributed by atoms with Crippen LogP contribution in [0.5, 0.6) is 0 Å². The summed E-state index contributed by atoms with van der Waals surface area (Å²) in [5.41, 5.74) is 0.278. The van der Waals surface area contributed by atoms with Gasteiger partial charge in [-0.15, -0.1) is 0 Å². The Morgan fingerprint density at radius 2 is 1.88 bits per heavy atom. The molecule has 0 aliphatic heterocycles. The molecule has 0 atom stereocenters. The second-order valence-electron chi connectivity index (χ2n) is 5.11. The van der Waals surface area contributed by atoms with Gasteiger partial charge in [-0.05, 0) is 23.8 Å². The highest BCUT2D eigenvalue weighted by atomic mass is 35.5. The van der Waals surface area contributed by atoms with Crippen molar-refractivity contribution in [2.45, 2.75) is 17.8 Å². The average molecular weight is 407 g/mol. The van der Waals surface area contributed by atoms with Gasteiger partial charge in [0.25, 0.3) is 10.0 Å². The minimum absolute atomic E-state index is 0.0831. The van der Waals surface area contributed by atoms with E-state index in [-0.39, 0.29) is 18.0 Å². The van der Waals surface area contributed by atoms with E-state index in [1.54, 1.807) is 24.3 Å². The Kier molecular flexibility index (Phi) is 4.82. The van der Waals surface area contributed by atoms with Crippen LogP contribution in [0.4, 0.5) is 13.2 Å². The molecule has 0 unspecified atom stereocenters. The lowest BCUT2D eigenvalue weighted by Crippen LogP contribution is -2.22. The van der Waals surface area contributed by atoms with Crippen molar-refractivity contribution in [3.8, 4) is 11.5 Å². The Labute approximate surface area is 150 Å². The van der Waals surface area contributed by atoms with E-state index in [1.807, 2.05) is 0 Å². The SMILES string of the molecule is O=S(=O)(NCc1ccccc1Cl)c1ccc(-c2cc(C(F)(F)F)on2)o1. The van der Waals surface area contributed by atoms with Gasteiger partial charge >= 0.3 is 6.18 Å². The maximum absolute atomic E-state index is 12.5. The molecule has 138 valence electrons. The predicted octanol–water partition coefficient (Wildman–Crippen LogP) is 4.09. The summed E-state index contributed by atoms with van der Waals surface area (Å²) in [6.07, 6.45) is -4.71. The van der Waals surface area contributed by atoms with Gasteiger partial charge in [0.2, 0.25) is 10.9 Å². The number of sulfonamides is 1. The van der Waals surface area contributed by atoms with Crippen LogP contribution < -0.4 is 4.72 Å². The van der Waals surface area contributed by atoms with Gasteiger partial charge in [-0.2, -0.15) is 13.2 Å². The summed E-state index contributed by atoms with van der Waals surface area (Å²) in [4.78, 5) is 0. The molecule has 0 spiro atoms. The third-order valence-electron chi connectivity index (χ3n) is 3.30. The Morgan fingerprint density at radius 3 is 2.54 bits per heavy atom. The molecular weight excluding hydrogens is 397 g/mol. The molecule has 1 N–H and O–H groups in total. The molecule has 0 fully saturated rings. The molecule has 2 heterocycles. The molecule has 3 rings (SSSR count). The Hall–Kier alpha value is -2.30. The smallest absolute Gasteiger partial charge is 0.441 e. The van der Waals surface area contributed by atoms with Crippen molar-refractivity contribution in [3.05, 3.63) is 58.8 Å². The number of aromatic nitrogens is 1. The molecule has 26 heavy (non-hydrogen) atoms. The van der Waals surface area contributed by atoms with Gasteiger partial charge < -0.3 is 8.94 Å². The van der Waals surface area contributed by atoms with E-state index in [0.29, 0.717) is 16.7 Å². The summed E-state index contributed by atoms with van der Waals surface area (Å²) in [5, 5.41) is 3.14. The summed E-state index contributed by atoms with van der Waals surface area (Å²) < 4.78 is 73.7. The van der Waals surface area contributed by atoms with E-state index in [4.69, 9.17) is 16.0 Å². The fourth-order valence-electron chi connectivity index (χ4n) is 2.01. The Balaban J connectivity index is 1.78. The number of furan rings is 1. The minimum Gasteiger partial charge on any atom is -0.441 e. The predicted molar refractivity (Wildman–Crippen MR) is 84.7 cm³/mol. The molecule has 2 aromatic heterocycles. The molecule has 6 nitrogen and oxygen atoms in total. The number of hydrogen-bond donors (Lipinski definition) is 1. The Morgan fingerprint density at radius 1 is 1.15 bits per heavy atom. The molecule has 0 bridgehead atoms. The maximum Gasteiger partial charge on any atom is 0.452 e. The highest BCUT2D eigenvalue weighted by Crippen LogP contribution is 2.33. The van der Waals surface area contributed by atoms with E-state index in [1.165, 1.54) is 6.07 Å². The highest BCUT2D eigenvalue weighted by molar-refractivity contribution is 7.89. The summed E-state index contributed by atoms with van der Waals surface area (Å²) in [6, 6.07) is 9.56. The molecule has 0 saturated heterocycles. The van der Waals surface area contributed by atoms with Gasteiger partial charge in [0.05, 0.1) is 0 Å². The summed E-state index contributed by atoms with van der Waals surface area (Å²) in [6.45, 7) is -0.0831. The zero-order valence-corrected chi connectivity index (χ0v) is 14.3. The molecule has 0 amide bonds. The lowest BCUT2D eigenvalue weighted by atomic mass is 10.2. The second kappa shape index (κ2) is 6.78. The van der Waals surface area contributed by atoms with Crippen molar-refractivity contribution >= 4 is 21.6 Å². The van der Waals surface area contributed by atoms with E-state index in [0.717, 1.165) is 6.07 Å². The van der Waals surface area contributed by atoms with Gasteiger partial charge in [-0.3, -0.25) is 0 Å². The summed E-state index contributed by atoms with van der Waals surface area (Å²) >= 11 is 5.95. The number of halogens is 4. The van der Waals surface area contributed by atoms with Crippen LogP contribution in [0.3, 0.4) is 0 Å². The number of hydrogen-bond acceptors (Lipinski definition) is 5. The van der Waals surface area contributed by atoms with Crippen LogP contribution >= 0.6 is 11.6 Å². The first kappa shape index (κ1) is 18.5.